The van der Waals surface area contributed by atoms with E-state index in [1.807, 2.05) is 0 Å². The molecule has 14 heavy (non-hydrogen) atoms. The molecule has 2 atom stereocenters. The van der Waals surface area contributed by atoms with Gasteiger partial charge in [-0.15, -0.1) is 0 Å². The summed E-state index contributed by atoms with van der Waals surface area (Å²) in [4.78, 5) is 0. The highest BCUT2D eigenvalue weighted by atomic mass is 14.1. The lowest BCUT2D eigenvalue weighted by Gasteiger charge is -2.14. The van der Waals surface area contributed by atoms with E-state index in [0.717, 1.165) is 17.8 Å². The molecule has 0 aromatic rings. The van der Waals surface area contributed by atoms with Crippen molar-refractivity contribution in [3.05, 3.63) is 0 Å². The molecule has 0 amide bonds. The van der Waals surface area contributed by atoms with Crippen molar-refractivity contribution in [3.8, 4) is 0 Å². The fraction of sp³-hybridized carbons (Fsp3) is 1.00. The molecule has 0 heterocycles. The normalized spacial score (nSPS) is 15.9. The van der Waals surface area contributed by atoms with Gasteiger partial charge in [-0.3, -0.25) is 0 Å². The summed E-state index contributed by atoms with van der Waals surface area (Å²) in [6, 6.07) is 0. The first-order valence-corrected chi connectivity index (χ1v) is 6.56. The second-order valence-corrected chi connectivity index (χ2v) is 5.53. The van der Waals surface area contributed by atoms with Crippen LogP contribution in [0.4, 0.5) is 0 Å². The maximum Gasteiger partial charge on any atom is -0.0440 e. The molecule has 0 spiro atoms. The second kappa shape index (κ2) is 8.32. The van der Waals surface area contributed by atoms with Gasteiger partial charge in [0.15, 0.2) is 0 Å². The standard InChI is InChI=1S/C14H30/c1-6-13(4)9-7-8-10-14(5)11-12(2)3/h12-14H,6-11H2,1-5H3. The maximum absolute atomic E-state index is 2.41. The third kappa shape index (κ3) is 8.59. The van der Waals surface area contributed by atoms with Crippen molar-refractivity contribution in [1.82, 2.24) is 0 Å². The van der Waals surface area contributed by atoms with Gasteiger partial charge in [0.05, 0.1) is 0 Å². The van der Waals surface area contributed by atoms with Gasteiger partial charge in [-0.2, -0.15) is 0 Å². The molecule has 0 aliphatic heterocycles. The van der Waals surface area contributed by atoms with Crippen LogP contribution in [0.2, 0.25) is 0 Å². The largest absolute Gasteiger partial charge is 0.0651 e. The van der Waals surface area contributed by atoms with E-state index in [1.54, 1.807) is 0 Å². The summed E-state index contributed by atoms with van der Waals surface area (Å²) in [6.07, 6.45) is 8.51. The molecular formula is C14H30. The molecule has 0 heteroatoms. The molecule has 0 saturated carbocycles. The lowest BCUT2D eigenvalue weighted by atomic mass is 9.92. The fourth-order valence-corrected chi connectivity index (χ4v) is 2.11. The van der Waals surface area contributed by atoms with Crippen molar-refractivity contribution in [3.63, 3.8) is 0 Å². The highest BCUT2D eigenvalue weighted by Crippen LogP contribution is 2.19. The van der Waals surface area contributed by atoms with Crippen LogP contribution < -0.4 is 0 Å². The van der Waals surface area contributed by atoms with Crippen LogP contribution in [0.25, 0.3) is 0 Å². The first-order valence-electron chi connectivity index (χ1n) is 6.56. The van der Waals surface area contributed by atoms with Crippen LogP contribution in [0.3, 0.4) is 0 Å². The molecule has 86 valence electrons. The zero-order valence-corrected chi connectivity index (χ0v) is 11.0. The van der Waals surface area contributed by atoms with Crippen molar-refractivity contribution >= 4 is 0 Å². The van der Waals surface area contributed by atoms with E-state index in [4.69, 9.17) is 0 Å². The summed E-state index contributed by atoms with van der Waals surface area (Å²) in [5.74, 6) is 2.75. The monoisotopic (exact) mass is 198 g/mol. The summed E-state index contributed by atoms with van der Waals surface area (Å²) in [5, 5.41) is 0. The Labute approximate surface area is 91.5 Å². The van der Waals surface area contributed by atoms with E-state index < -0.39 is 0 Å². The Hall–Kier alpha value is 0. The van der Waals surface area contributed by atoms with E-state index in [9.17, 15) is 0 Å². The lowest BCUT2D eigenvalue weighted by Crippen LogP contribution is -2.00. The number of rotatable bonds is 8. The van der Waals surface area contributed by atoms with Crippen LogP contribution in [0.1, 0.15) is 73.1 Å². The number of hydrogen-bond acceptors (Lipinski definition) is 0. The van der Waals surface area contributed by atoms with Crippen molar-refractivity contribution in [1.29, 1.82) is 0 Å². The molecule has 0 aromatic carbocycles. The number of unbranched alkanes of at least 4 members (excludes halogenated alkanes) is 1. The minimum atomic E-state index is 0.875. The predicted octanol–water partition coefficient (Wildman–Crippen LogP) is 5.28. The summed E-state index contributed by atoms with van der Waals surface area (Å²) in [7, 11) is 0. The maximum atomic E-state index is 2.41. The summed E-state index contributed by atoms with van der Waals surface area (Å²) < 4.78 is 0. The second-order valence-electron chi connectivity index (χ2n) is 5.53. The minimum Gasteiger partial charge on any atom is -0.0651 e. The average Bonchev–Trinajstić information content (AvgIpc) is 2.10. The van der Waals surface area contributed by atoms with Gasteiger partial charge in [-0.05, 0) is 24.2 Å². The molecule has 2 unspecified atom stereocenters. The van der Waals surface area contributed by atoms with Gasteiger partial charge in [0.25, 0.3) is 0 Å². The molecule has 0 bridgehead atoms. The van der Waals surface area contributed by atoms with Gasteiger partial charge in [0.1, 0.15) is 0 Å². The molecule has 0 rings (SSSR count). The molecule has 0 aliphatic rings. The van der Waals surface area contributed by atoms with E-state index in [0.29, 0.717) is 0 Å². The Bertz CT molecular complexity index is 115. The highest BCUT2D eigenvalue weighted by molar-refractivity contribution is 4.58. The van der Waals surface area contributed by atoms with Crippen molar-refractivity contribution in [2.24, 2.45) is 17.8 Å². The summed E-state index contributed by atoms with van der Waals surface area (Å²) >= 11 is 0. The van der Waals surface area contributed by atoms with Crippen molar-refractivity contribution in [2.45, 2.75) is 73.1 Å². The van der Waals surface area contributed by atoms with Crippen molar-refractivity contribution < 1.29 is 0 Å². The van der Waals surface area contributed by atoms with Gasteiger partial charge in [0.2, 0.25) is 0 Å². The Morgan fingerprint density at radius 3 is 1.71 bits per heavy atom. The van der Waals surface area contributed by atoms with E-state index in [1.165, 1.54) is 38.5 Å². The Morgan fingerprint density at radius 2 is 1.29 bits per heavy atom. The summed E-state index contributed by atoms with van der Waals surface area (Å²) in [5.41, 5.74) is 0. The van der Waals surface area contributed by atoms with E-state index in [-0.39, 0.29) is 0 Å². The Morgan fingerprint density at radius 1 is 0.786 bits per heavy atom. The third-order valence-corrected chi connectivity index (χ3v) is 3.21. The van der Waals surface area contributed by atoms with Crippen LogP contribution in [-0.4, -0.2) is 0 Å². The lowest BCUT2D eigenvalue weighted by molar-refractivity contribution is 0.387. The smallest absolute Gasteiger partial charge is 0.0440 e. The van der Waals surface area contributed by atoms with E-state index in [2.05, 4.69) is 34.6 Å². The predicted molar refractivity (Wildman–Crippen MR) is 66.5 cm³/mol. The van der Waals surface area contributed by atoms with Crippen LogP contribution >= 0.6 is 0 Å². The van der Waals surface area contributed by atoms with Crippen molar-refractivity contribution in [2.75, 3.05) is 0 Å². The first-order chi connectivity index (χ1) is 6.56. The van der Waals surface area contributed by atoms with Gasteiger partial charge >= 0.3 is 0 Å². The van der Waals surface area contributed by atoms with Crippen LogP contribution in [0.15, 0.2) is 0 Å². The molecule has 0 aromatic heterocycles. The van der Waals surface area contributed by atoms with Gasteiger partial charge < -0.3 is 0 Å². The Kier molecular flexibility index (Phi) is 8.32. The number of hydrogen-bond donors (Lipinski definition) is 0. The van der Waals surface area contributed by atoms with Crippen LogP contribution in [-0.2, 0) is 0 Å². The minimum absolute atomic E-state index is 0.875. The molecule has 0 radical (unpaired) electrons. The highest BCUT2D eigenvalue weighted by Gasteiger charge is 2.05. The molecular weight excluding hydrogens is 168 g/mol. The molecule has 0 aliphatic carbocycles. The molecule has 0 saturated heterocycles. The molecule has 0 nitrogen and oxygen atoms in total. The third-order valence-electron chi connectivity index (χ3n) is 3.21. The molecule has 0 N–H and O–H groups in total. The van der Waals surface area contributed by atoms with Gasteiger partial charge in [0, 0.05) is 0 Å². The molecule has 0 fully saturated rings. The SMILES string of the molecule is CCC(C)CCCCC(C)CC(C)C. The quantitative estimate of drug-likeness (QED) is 0.466. The van der Waals surface area contributed by atoms with Gasteiger partial charge in [-0.1, -0.05) is 66.7 Å². The first kappa shape index (κ1) is 14.0. The fourth-order valence-electron chi connectivity index (χ4n) is 2.11. The van der Waals surface area contributed by atoms with Gasteiger partial charge in [-0.25, -0.2) is 0 Å². The zero-order valence-electron chi connectivity index (χ0n) is 11.0. The zero-order chi connectivity index (χ0) is 11.0. The Balaban J connectivity index is 3.27. The topological polar surface area (TPSA) is 0 Å². The van der Waals surface area contributed by atoms with Crippen LogP contribution in [0, 0.1) is 17.8 Å². The van der Waals surface area contributed by atoms with E-state index >= 15 is 0 Å². The summed E-state index contributed by atoms with van der Waals surface area (Å²) in [6.45, 7) is 11.7. The van der Waals surface area contributed by atoms with Crippen LogP contribution in [0.5, 0.6) is 0 Å². The average molecular weight is 198 g/mol.